The van der Waals surface area contributed by atoms with Crippen molar-refractivity contribution in [3.8, 4) is 0 Å². The van der Waals surface area contributed by atoms with Crippen molar-refractivity contribution in [1.29, 1.82) is 0 Å². The number of hydrogen-bond acceptors (Lipinski definition) is 2. The molecule has 0 atom stereocenters. The summed E-state index contributed by atoms with van der Waals surface area (Å²) in [6.07, 6.45) is 4.09. The van der Waals surface area contributed by atoms with Gasteiger partial charge in [-0.3, -0.25) is 4.79 Å². The molecule has 3 nitrogen and oxygen atoms in total. The molecule has 0 saturated heterocycles. The summed E-state index contributed by atoms with van der Waals surface area (Å²) in [6, 6.07) is 5.03. The summed E-state index contributed by atoms with van der Waals surface area (Å²) < 4.78 is 0. The maximum Gasteiger partial charge on any atom is 0.229 e. The van der Waals surface area contributed by atoms with Crippen LogP contribution >= 0.6 is 35.4 Å². The van der Waals surface area contributed by atoms with Gasteiger partial charge in [-0.1, -0.05) is 36.0 Å². The van der Waals surface area contributed by atoms with Crippen LogP contribution in [0.25, 0.3) is 0 Å². The van der Waals surface area contributed by atoms with E-state index in [1.807, 2.05) is 0 Å². The first-order chi connectivity index (χ1) is 9.06. The standard InChI is InChI=1S/C13H14Cl2N2OS/c14-9-5-6-10(15)11(7-9)16-13(19)17-12(18)8-3-1-2-4-8/h5-8H,1-4H2,(H2,16,17,18,19). The van der Waals surface area contributed by atoms with Crippen LogP contribution in [-0.4, -0.2) is 11.0 Å². The third kappa shape index (κ3) is 4.06. The van der Waals surface area contributed by atoms with E-state index in [9.17, 15) is 4.79 Å². The van der Waals surface area contributed by atoms with Crippen LogP contribution in [0.5, 0.6) is 0 Å². The minimum atomic E-state index is -0.0202. The highest BCUT2D eigenvalue weighted by molar-refractivity contribution is 7.80. The Labute approximate surface area is 127 Å². The first kappa shape index (κ1) is 14.6. The molecule has 1 aromatic carbocycles. The molecule has 0 heterocycles. The average Bonchev–Trinajstić information content (AvgIpc) is 2.87. The van der Waals surface area contributed by atoms with Gasteiger partial charge >= 0.3 is 0 Å². The van der Waals surface area contributed by atoms with Crippen LogP contribution in [0.4, 0.5) is 5.69 Å². The third-order valence-corrected chi connectivity index (χ3v) is 3.91. The van der Waals surface area contributed by atoms with E-state index in [1.54, 1.807) is 18.2 Å². The van der Waals surface area contributed by atoms with Gasteiger partial charge in [0.1, 0.15) is 0 Å². The molecular weight excluding hydrogens is 303 g/mol. The Kier molecular flexibility index (Phi) is 5.02. The predicted octanol–water partition coefficient (Wildman–Crippen LogP) is 4.00. The Morgan fingerprint density at radius 1 is 1.26 bits per heavy atom. The Morgan fingerprint density at radius 3 is 2.63 bits per heavy atom. The van der Waals surface area contributed by atoms with E-state index in [2.05, 4.69) is 10.6 Å². The number of benzene rings is 1. The zero-order chi connectivity index (χ0) is 13.8. The molecule has 1 saturated carbocycles. The highest BCUT2D eigenvalue weighted by Crippen LogP contribution is 2.26. The smallest absolute Gasteiger partial charge is 0.229 e. The fraction of sp³-hybridized carbons (Fsp3) is 0.385. The molecule has 1 aliphatic carbocycles. The maximum atomic E-state index is 11.9. The second-order valence-corrected chi connectivity index (χ2v) is 5.80. The first-order valence-electron chi connectivity index (χ1n) is 6.13. The molecule has 19 heavy (non-hydrogen) atoms. The summed E-state index contributed by atoms with van der Waals surface area (Å²) in [7, 11) is 0. The lowest BCUT2D eigenvalue weighted by atomic mass is 10.1. The second-order valence-electron chi connectivity index (χ2n) is 4.55. The topological polar surface area (TPSA) is 41.1 Å². The average molecular weight is 317 g/mol. The van der Waals surface area contributed by atoms with Crippen LogP contribution in [0.1, 0.15) is 25.7 Å². The van der Waals surface area contributed by atoms with Crippen LogP contribution in [-0.2, 0) is 4.79 Å². The van der Waals surface area contributed by atoms with E-state index in [1.165, 1.54) is 0 Å². The zero-order valence-electron chi connectivity index (χ0n) is 10.2. The molecule has 0 bridgehead atoms. The normalized spacial score (nSPS) is 15.3. The number of anilines is 1. The maximum absolute atomic E-state index is 11.9. The molecule has 1 aliphatic rings. The quantitative estimate of drug-likeness (QED) is 0.810. The Balaban J connectivity index is 1.93. The van der Waals surface area contributed by atoms with E-state index in [0.717, 1.165) is 25.7 Å². The largest absolute Gasteiger partial charge is 0.331 e. The van der Waals surface area contributed by atoms with Gasteiger partial charge in [-0.25, -0.2) is 0 Å². The van der Waals surface area contributed by atoms with Crippen molar-refractivity contribution >= 4 is 52.1 Å². The van der Waals surface area contributed by atoms with Gasteiger partial charge in [0.25, 0.3) is 0 Å². The van der Waals surface area contributed by atoms with E-state index >= 15 is 0 Å². The number of nitrogens with one attached hydrogen (secondary N) is 2. The molecule has 102 valence electrons. The van der Waals surface area contributed by atoms with Gasteiger partial charge in [0, 0.05) is 10.9 Å². The number of carbonyl (C=O) groups excluding carboxylic acids is 1. The fourth-order valence-electron chi connectivity index (χ4n) is 2.15. The number of hydrogen-bond donors (Lipinski definition) is 2. The van der Waals surface area contributed by atoms with Crippen molar-refractivity contribution in [3.63, 3.8) is 0 Å². The number of carbonyl (C=O) groups is 1. The number of thiocarbonyl (C=S) groups is 1. The number of amides is 1. The molecule has 0 unspecified atom stereocenters. The summed E-state index contributed by atoms with van der Waals surface area (Å²) in [5, 5.41) is 6.89. The molecular formula is C13H14Cl2N2OS. The van der Waals surface area contributed by atoms with Crippen molar-refractivity contribution in [2.75, 3.05) is 5.32 Å². The van der Waals surface area contributed by atoms with Gasteiger partial charge in [-0.05, 0) is 43.3 Å². The van der Waals surface area contributed by atoms with Gasteiger partial charge in [0.15, 0.2) is 5.11 Å². The Bertz CT molecular complexity index is 501. The molecule has 0 aliphatic heterocycles. The van der Waals surface area contributed by atoms with Gasteiger partial charge in [-0.2, -0.15) is 0 Å². The second kappa shape index (κ2) is 6.55. The first-order valence-corrected chi connectivity index (χ1v) is 7.29. The fourth-order valence-corrected chi connectivity index (χ4v) is 2.70. The van der Waals surface area contributed by atoms with Crippen LogP contribution < -0.4 is 10.6 Å². The van der Waals surface area contributed by atoms with Crippen LogP contribution in [0.3, 0.4) is 0 Å². The third-order valence-electron chi connectivity index (χ3n) is 3.14. The van der Waals surface area contributed by atoms with E-state index in [-0.39, 0.29) is 16.9 Å². The van der Waals surface area contributed by atoms with Gasteiger partial charge in [0.05, 0.1) is 10.7 Å². The summed E-state index contributed by atoms with van der Waals surface area (Å²) in [6.45, 7) is 0. The van der Waals surface area contributed by atoms with Crippen molar-refractivity contribution in [3.05, 3.63) is 28.2 Å². The van der Waals surface area contributed by atoms with Crippen LogP contribution in [0.2, 0.25) is 10.0 Å². The van der Waals surface area contributed by atoms with E-state index in [4.69, 9.17) is 35.4 Å². The SMILES string of the molecule is O=C(NC(=S)Nc1cc(Cl)ccc1Cl)C1CCCC1. The predicted molar refractivity (Wildman–Crippen MR) is 82.8 cm³/mol. The minimum absolute atomic E-state index is 0.0202. The van der Waals surface area contributed by atoms with Gasteiger partial charge < -0.3 is 10.6 Å². The zero-order valence-corrected chi connectivity index (χ0v) is 12.5. The molecule has 1 fully saturated rings. The van der Waals surface area contributed by atoms with Crippen molar-refractivity contribution in [2.24, 2.45) is 5.92 Å². The Morgan fingerprint density at radius 2 is 1.95 bits per heavy atom. The molecule has 0 spiro atoms. The summed E-state index contributed by atoms with van der Waals surface area (Å²) >= 11 is 17.0. The highest BCUT2D eigenvalue weighted by Gasteiger charge is 2.23. The number of rotatable bonds is 2. The molecule has 6 heteroatoms. The van der Waals surface area contributed by atoms with E-state index < -0.39 is 0 Å². The lowest BCUT2D eigenvalue weighted by molar-refractivity contribution is -0.123. The van der Waals surface area contributed by atoms with Crippen molar-refractivity contribution in [1.82, 2.24) is 5.32 Å². The van der Waals surface area contributed by atoms with Crippen molar-refractivity contribution in [2.45, 2.75) is 25.7 Å². The van der Waals surface area contributed by atoms with Crippen LogP contribution in [0.15, 0.2) is 18.2 Å². The van der Waals surface area contributed by atoms with Gasteiger partial charge in [0.2, 0.25) is 5.91 Å². The summed E-state index contributed by atoms with van der Waals surface area (Å²) in [5.41, 5.74) is 0.589. The summed E-state index contributed by atoms with van der Waals surface area (Å²) in [5.74, 6) is 0.0581. The number of halogens is 2. The lowest BCUT2D eigenvalue weighted by Gasteiger charge is -2.13. The summed E-state index contributed by atoms with van der Waals surface area (Å²) in [4.78, 5) is 11.9. The van der Waals surface area contributed by atoms with Crippen LogP contribution in [0, 0.1) is 5.92 Å². The lowest BCUT2D eigenvalue weighted by Crippen LogP contribution is -2.37. The molecule has 2 N–H and O–H groups in total. The molecule has 1 amide bonds. The Hall–Kier alpha value is -0.840. The highest BCUT2D eigenvalue weighted by atomic mass is 35.5. The molecule has 0 radical (unpaired) electrons. The van der Waals surface area contributed by atoms with Gasteiger partial charge in [-0.15, -0.1) is 0 Å². The van der Waals surface area contributed by atoms with Crippen molar-refractivity contribution < 1.29 is 4.79 Å². The van der Waals surface area contributed by atoms with E-state index in [0.29, 0.717) is 15.7 Å². The minimum Gasteiger partial charge on any atom is -0.331 e. The molecule has 0 aromatic heterocycles. The molecule has 2 rings (SSSR count). The molecule has 1 aromatic rings. The monoisotopic (exact) mass is 316 g/mol.